The second-order valence-electron chi connectivity index (χ2n) is 3.75. The van der Waals surface area contributed by atoms with Crippen molar-refractivity contribution < 1.29 is 19.4 Å². The maximum absolute atomic E-state index is 11.6. The monoisotopic (exact) mass is 330 g/mol. The lowest BCUT2D eigenvalue weighted by Crippen LogP contribution is -2.42. The van der Waals surface area contributed by atoms with Gasteiger partial charge >= 0.3 is 12.0 Å². The lowest BCUT2D eigenvalue weighted by molar-refractivity contribution is -0.139. The number of amides is 2. The highest BCUT2D eigenvalue weighted by Crippen LogP contribution is 2.27. The Kier molecular flexibility index (Phi) is 5.62. The number of rotatable bonds is 5. The number of carbonyl (C=O) groups excluding carboxylic acids is 1. The second kappa shape index (κ2) is 6.98. The summed E-state index contributed by atoms with van der Waals surface area (Å²) < 4.78 is 5.76. The predicted molar refractivity (Wildman–Crippen MR) is 74.6 cm³/mol. The molecule has 0 fully saturated rings. The average Bonchev–Trinajstić information content (AvgIpc) is 2.35. The molecule has 0 bridgehead atoms. The molecule has 0 radical (unpaired) electrons. The second-order valence-corrected chi connectivity index (χ2v) is 4.60. The van der Waals surface area contributed by atoms with Crippen molar-refractivity contribution in [2.24, 2.45) is 0 Å². The number of benzene rings is 1. The van der Waals surface area contributed by atoms with Crippen molar-refractivity contribution in [3.63, 3.8) is 0 Å². The van der Waals surface area contributed by atoms with E-state index in [1.807, 2.05) is 0 Å². The summed E-state index contributed by atoms with van der Waals surface area (Å²) in [5.41, 5.74) is 0.533. The van der Waals surface area contributed by atoms with Gasteiger partial charge in [-0.1, -0.05) is 6.92 Å². The number of hydrogen-bond acceptors (Lipinski definition) is 3. The van der Waals surface area contributed by atoms with Crippen molar-refractivity contribution in [3.05, 3.63) is 22.7 Å². The number of urea groups is 1. The number of aliphatic carboxylic acids is 1. The third kappa shape index (κ3) is 4.44. The van der Waals surface area contributed by atoms with Gasteiger partial charge in [0.05, 0.1) is 11.6 Å². The van der Waals surface area contributed by atoms with E-state index >= 15 is 0 Å². The minimum Gasteiger partial charge on any atom is -0.496 e. The molecule has 19 heavy (non-hydrogen) atoms. The molecule has 2 amide bonds. The normalized spacial score (nSPS) is 11.5. The molecule has 0 aromatic heterocycles. The number of carboxylic acids is 1. The van der Waals surface area contributed by atoms with Crippen LogP contribution in [0.4, 0.5) is 10.5 Å². The fourth-order valence-corrected chi connectivity index (χ4v) is 1.95. The van der Waals surface area contributed by atoms with Crippen molar-refractivity contribution >= 4 is 33.6 Å². The third-order valence-corrected chi connectivity index (χ3v) is 3.04. The maximum atomic E-state index is 11.6. The van der Waals surface area contributed by atoms with Crippen molar-refractivity contribution in [1.29, 1.82) is 0 Å². The summed E-state index contributed by atoms with van der Waals surface area (Å²) in [7, 11) is 1.54. The zero-order valence-electron chi connectivity index (χ0n) is 10.6. The van der Waals surface area contributed by atoms with E-state index in [0.29, 0.717) is 22.3 Å². The number of ether oxygens (including phenoxy) is 1. The van der Waals surface area contributed by atoms with Gasteiger partial charge in [0.2, 0.25) is 0 Å². The van der Waals surface area contributed by atoms with E-state index in [9.17, 15) is 9.59 Å². The van der Waals surface area contributed by atoms with Crippen LogP contribution in [0.15, 0.2) is 22.7 Å². The quantitative estimate of drug-likeness (QED) is 0.773. The summed E-state index contributed by atoms with van der Waals surface area (Å²) in [4.78, 5) is 22.4. The summed E-state index contributed by atoms with van der Waals surface area (Å²) in [5.74, 6) is -0.420. The number of halogens is 1. The Morgan fingerprint density at radius 2 is 2.16 bits per heavy atom. The molecule has 0 saturated heterocycles. The number of nitrogens with one attached hydrogen (secondary N) is 2. The lowest BCUT2D eigenvalue weighted by atomic mass is 10.2. The highest BCUT2D eigenvalue weighted by molar-refractivity contribution is 9.10. The molecule has 6 nitrogen and oxygen atoms in total. The Morgan fingerprint density at radius 3 is 2.63 bits per heavy atom. The molecular weight excluding hydrogens is 316 g/mol. The molecule has 0 saturated carbocycles. The first-order valence-corrected chi connectivity index (χ1v) is 6.41. The number of carbonyl (C=O) groups is 2. The maximum Gasteiger partial charge on any atom is 0.326 e. The smallest absolute Gasteiger partial charge is 0.326 e. The highest BCUT2D eigenvalue weighted by atomic mass is 79.9. The fraction of sp³-hybridized carbons (Fsp3) is 0.333. The summed E-state index contributed by atoms with van der Waals surface area (Å²) in [6.07, 6.45) is 0.315. The summed E-state index contributed by atoms with van der Waals surface area (Å²) in [6, 6.07) is 3.55. The predicted octanol–water partition coefficient (Wildman–Crippen LogP) is 2.44. The van der Waals surface area contributed by atoms with Crippen molar-refractivity contribution in [1.82, 2.24) is 5.32 Å². The minimum absolute atomic E-state index is 0.315. The minimum atomic E-state index is -1.06. The van der Waals surface area contributed by atoms with E-state index < -0.39 is 18.0 Å². The first kappa shape index (κ1) is 15.3. The highest BCUT2D eigenvalue weighted by Gasteiger charge is 2.17. The van der Waals surface area contributed by atoms with Crippen molar-refractivity contribution in [3.8, 4) is 5.75 Å². The van der Waals surface area contributed by atoms with Gasteiger partial charge in [-0.05, 0) is 40.5 Å². The van der Waals surface area contributed by atoms with Crippen LogP contribution < -0.4 is 15.4 Å². The van der Waals surface area contributed by atoms with Crippen LogP contribution in [0.5, 0.6) is 5.75 Å². The Balaban J connectivity index is 2.67. The Labute approximate surface area is 119 Å². The Hall–Kier alpha value is -1.76. The first-order chi connectivity index (χ1) is 8.97. The molecule has 0 aliphatic carbocycles. The van der Waals surface area contributed by atoms with Crippen LogP contribution in [0.2, 0.25) is 0 Å². The molecule has 104 valence electrons. The van der Waals surface area contributed by atoms with Gasteiger partial charge in [0.15, 0.2) is 0 Å². The van der Waals surface area contributed by atoms with Crippen LogP contribution in [0.3, 0.4) is 0 Å². The molecular formula is C12H15BrN2O4. The molecule has 0 aliphatic heterocycles. The lowest BCUT2D eigenvalue weighted by Gasteiger charge is -2.13. The summed E-state index contributed by atoms with van der Waals surface area (Å²) in [6.45, 7) is 1.68. The van der Waals surface area contributed by atoms with Crippen LogP contribution in [0, 0.1) is 0 Å². The van der Waals surface area contributed by atoms with Gasteiger partial charge in [-0.2, -0.15) is 0 Å². The molecule has 0 spiro atoms. The van der Waals surface area contributed by atoms with Gasteiger partial charge < -0.3 is 20.5 Å². The standard InChI is InChI=1S/C12H15BrN2O4/c1-3-9(11(16)17)15-12(18)14-7-4-5-10(19-2)8(13)6-7/h4-6,9H,3H2,1-2H3,(H,16,17)(H2,14,15,18)/t9-/m0/s1. The molecule has 0 aliphatic rings. The summed E-state index contributed by atoms with van der Waals surface area (Å²) >= 11 is 3.29. The number of anilines is 1. The zero-order valence-corrected chi connectivity index (χ0v) is 12.2. The van der Waals surface area contributed by atoms with Crippen molar-refractivity contribution in [2.75, 3.05) is 12.4 Å². The van der Waals surface area contributed by atoms with E-state index in [2.05, 4.69) is 26.6 Å². The van der Waals surface area contributed by atoms with Crippen LogP contribution in [-0.4, -0.2) is 30.3 Å². The third-order valence-electron chi connectivity index (χ3n) is 2.42. The van der Waals surface area contributed by atoms with E-state index in [1.54, 1.807) is 32.2 Å². The van der Waals surface area contributed by atoms with Crippen molar-refractivity contribution in [2.45, 2.75) is 19.4 Å². The van der Waals surface area contributed by atoms with Gasteiger partial charge in [-0.3, -0.25) is 0 Å². The first-order valence-electron chi connectivity index (χ1n) is 5.61. The Morgan fingerprint density at radius 1 is 1.47 bits per heavy atom. The molecule has 3 N–H and O–H groups in total. The van der Waals surface area contributed by atoms with Gasteiger partial charge in [0, 0.05) is 5.69 Å². The van der Waals surface area contributed by atoms with E-state index in [0.717, 1.165) is 0 Å². The van der Waals surface area contributed by atoms with Crippen LogP contribution in [0.25, 0.3) is 0 Å². The van der Waals surface area contributed by atoms with E-state index in [1.165, 1.54) is 0 Å². The van der Waals surface area contributed by atoms with Gasteiger partial charge in [-0.15, -0.1) is 0 Å². The molecule has 1 rings (SSSR count). The van der Waals surface area contributed by atoms with Gasteiger partial charge in [-0.25, -0.2) is 9.59 Å². The van der Waals surface area contributed by atoms with Gasteiger partial charge in [0.25, 0.3) is 0 Å². The molecule has 0 unspecified atom stereocenters. The summed E-state index contributed by atoms with van der Waals surface area (Å²) in [5, 5.41) is 13.8. The molecule has 7 heteroatoms. The molecule has 1 aromatic rings. The van der Waals surface area contributed by atoms with Crippen LogP contribution >= 0.6 is 15.9 Å². The molecule has 1 atom stereocenters. The fourth-order valence-electron chi connectivity index (χ4n) is 1.41. The van der Waals surface area contributed by atoms with E-state index in [-0.39, 0.29) is 0 Å². The number of methoxy groups -OCH3 is 1. The molecule has 0 heterocycles. The number of carboxylic acid groups (broad SMARTS) is 1. The number of hydrogen-bond donors (Lipinski definition) is 3. The largest absolute Gasteiger partial charge is 0.496 e. The zero-order chi connectivity index (χ0) is 14.4. The molecule has 1 aromatic carbocycles. The SMILES string of the molecule is CC[C@H](NC(=O)Nc1ccc(OC)c(Br)c1)C(=O)O. The van der Waals surface area contributed by atoms with Crippen LogP contribution in [0.1, 0.15) is 13.3 Å². The van der Waals surface area contributed by atoms with Crippen LogP contribution in [-0.2, 0) is 4.79 Å². The van der Waals surface area contributed by atoms with Gasteiger partial charge in [0.1, 0.15) is 11.8 Å². The topological polar surface area (TPSA) is 87.7 Å². The average molecular weight is 331 g/mol. The van der Waals surface area contributed by atoms with E-state index in [4.69, 9.17) is 9.84 Å². The Bertz CT molecular complexity index is 479.